The topological polar surface area (TPSA) is 81.9 Å². The lowest BCUT2D eigenvalue weighted by atomic mass is 10.2. The van der Waals surface area contributed by atoms with Crippen LogP contribution in [0.15, 0.2) is 40.4 Å². The molecular formula is C20H24ClN3O4. The summed E-state index contributed by atoms with van der Waals surface area (Å²) in [5, 5.41) is 4.30. The maximum absolute atomic E-state index is 12.3. The maximum atomic E-state index is 12.3. The predicted octanol–water partition coefficient (Wildman–Crippen LogP) is 3.64. The molecule has 0 aliphatic carbocycles. The van der Waals surface area contributed by atoms with Crippen LogP contribution in [-0.2, 0) is 0 Å². The highest BCUT2D eigenvalue weighted by molar-refractivity contribution is 6.32. The fourth-order valence-electron chi connectivity index (χ4n) is 2.52. The van der Waals surface area contributed by atoms with E-state index in [9.17, 15) is 9.59 Å². The van der Waals surface area contributed by atoms with Crippen molar-refractivity contribution in [2.75, 3.05) is 13.2 Å². The van der Waals surface area contributed by atoms with E-state index in [1.165, 1.54) is 16.8 Å². The first-order valence-electron chi connectivity index (χ1n) is 9.02. The molecule has 8 heteroatoms. The summed E-state index contributed by atoms with van der Waals surface area (Å²) in [5.41, 5.74) is 2.64. The molecule has 1 N–H and O–H groups in total. The highest BCUT2D eigenvalue weighted by Crippen LogP contribution is 2.36. The first kappa shape index (κ1) is 21.5. The Labute approximate surface area is 168 Å². The largest absolute Gasteiger partial charge is 0.490 e. The molecule has 2 aromatic rings. The highest BCUT2D eigenvalue weighted by Gasteiger charge is 2.14. The minimum absolute atomic E-state index is 0.0214. The Morgan fingerprint density at radius 2 is 2.00 bits per heavy atom. The van der Waals surface area contributed by atoms with Crippen LogP contribution in [0.5, 0.6) is 11.5 Å². The Hall–Kier alpha value is -2.80. The van der Waals surface area contributed by atoms with Crippen molar-refractivity contribution in [3.8, 4) is 11.5 Å². The number of carbonyl (C=O) groups is 1. The van der Waals surface area contributed by atoms with E-state index >= 15 is 0 Å². The van der Waals surface area contributed by atoms with Crippen LogP contribution in [0.4, 0.5) is 0 Å². The molecule has 28 heavy (non-hydrogen) atoms. The second-order valence-corrected chi connectivity index (χ2v) is 6.53. The minimum Gasteiger partial charge on any atom is -0.490 e. The van der Waals surface area contributed by atoms with E-state index in [0.717, 1.165) is 0 Å². The van der Waals surface area contributed by atoms with E-state index in [0.29, 0.717) is 35.3 Å². The summed E-state index contributed by atoms with van der Waals surface area (Å²) in [7, 11) is 0. The normalized spacial score (nSPS) is 11.1. The van der Waals surface area contributed by atoms with Gasteiger partial charge in [-0.2, -0.15) is 5.10 Å². The van der Waals surface area contributed by atoms with Crippen molar-refractivity contribution in [2.24, 2.45) is 5.10 Å². The van der Waals surface area contributed by atoms with Crippen LogP contribution < -0.4 is 20.5 Å². The summed E-state index contributed by atoms with van der Waals surface area (Å²) in [4.78, 5) is 24.6. The van der Waals surface area contributed by atoms with Crippen molar-refractivity contribution in [2.45, 2.75) is 33.7 Å². The van der Waals surface area contributed by atoms with Gasteiger partial charge in [0.05, 0.1) is 24.5 Å². The van der Waals surface area contributed by atoms with Gasteiger partial charge in [-0.05, 0) is 57.5 Å². The smallest absolute Gasteiger partial charge is 0.276 e. The molecule has 0 aliphatic rings. The number of amides is 1. The number of pyridine rings is 1. The lowest BCUT2D eigenvalue weighted by Crippen LogP contribution is -2.31. The van der Waals surface area contributed by atoms with Gasteiger partial charge >= 0.3 is 0 Å². The fourth-order valence-corrected chi connectivity index (χ4v) is 2.80. The van der Waals surface area contributed by atoms with E-state index < -0.39 is 5.91 Å². The lowest BCUT2D eigenvalue weighted by Gasteiger charge is -2.13. The molecule has 0 saturated carbocycles. The molecule has 1 aromatic carbocycles. The van der Waals surface area contributed by atoms with Gasteiger partial charge in [-0.3, -0.25) is 9.59 Å². The summed E-state index contributed by atoms with van der Waals surface area (Å²) in [6, 6.07) is 6.43. The predicted molar refractivity (Wildman–Crippen MR) is 110 cm³/mol. The molecule has 150 valence electrons. The van der Waals surface area contributed by atoms with Crippen LogP contribution in [0.1, 0.15) is 49.7 Å². The van der Waals surface area contributed by atoms with Crippen LogP contribution in [0.25, 0.3) is 0 Å². The van der Waals surface area contributed by atoms with E-state index in [1.54, 1.807) is 24.4 Å². The van der Waals surface area contributed by atoms with Gasteiger partial charge in [-0.25, -0.2) is 5.43 Å². The number of hydrogen-bond acceptors (Lipinski definition) is 5. The highest BCUT2D eigenvalue weighted by atomic mass is 35.5. The molecule has 0 fully saturated rings. The molecule has 0 unspecified atom stereocenters. The molecule has 1 aromatic heterocycles. The quantitative estimate of drug-likeness (QED) is 0.537. The number of hydrazone groups is 1. The molecule has 7 nitrogen and oxygen atoms in total. The zero-order chi connectivity index (χ0) is 20.7. The number of ether oxygens (including phenoxy) is 2. The van der Waals surface area contributed by atoms with Gasteiger partial charge in [0.25, 0.3) is 11.5 Å². The Morgan fingerprint density at radius 3 is 2.64 bits per heavy atom. The third kappa shape index (κ3) is 5.13. The number of hydrogen-bond donors (Lipinski definition) is 1. The molecule has 0 bridgehead atoms. The number of aromatic nitrogens is 1. The molecule has 0 spiro atoms. The maximum Gasteiger partial charge on any atom is 0.276 e. The van der Waals surface area contributed by atoms with Gasteiger partial charge in [0, 0.05) is 12.2 Å². The molecular weight excluding hydrogens is 382 g/mol. The van der Waals surface area contributed by atoms with Crippen LogP contribution >= 0.6 is 11.6 Å². The van der Waals surface area contributed by atoms with Crippen LogP contribution in [0, 0.1) is 0 Å². The number of benzene rings is 1. The molecule has 0 aliphatic heterocycles. The molecule has 0 saturated heterocycles. The number of rotatable bonds is 8. The third-order valence-electron chi connectivity index (χ3n) is 3.78. The van der Waals surface area contributed by atoms with Gasteiger partial charge in [0.15, 0.2) is 11.5 Å². The minimum atomic E-state index is -0.585. The second kappa shape index (κ2) is 9.94. The number of nitrogens with one attached hydrogen (secondary N) is 1. The summed E-state index contributed by atoms with van der Waals surface area (Å²) in [5.74, 6) is 0.372. The van der Waals surface area contributed by atoms with Gasteiger partial charge in [0.2, 0.25) is 0 Å². The van der Waals surface area contributed by atoms with E-state index in [1.807, 2.05) is 27.7 Å². The molecule has 0 atom stereocenters. The van der Waals surface area contributed by atoms with Crippen molar-refractivity contribution >= 4 is 23.7 Å². The molecule has 2 rings (SSSR count). The third-order valence-corrected chi connectivity index (χ3v) is 4.06. The van der Waals surface area contributed by atoms with Crippen molar-refractivity contribution < 1.29 is 14.3 Å². The summed E-state index contributed by atoms with van der Waals surface area (Å²) in [6.07, 6.45) is 3.07. The van der Waals surface area contributed by atoms with Crippen molar-refractivity contribution in [3.05, 3.63) is 57.0 Å². The van der Waals surface area contributed by atoms with Crippen LogP contribution in [0.3, 0.4) is 0 Å². The number of carbonyl (C=O) groups excluding carboxylic acids is 1. The average molecular weight is 406 g/mol. The van der Waals surface area contributed by atoms with E-state index in [4.69, 9.17) is 21.1 Å². The Bertz CT molecular complexity index is 922. The Morgan fingerprint density at radius 1 is 1.29 bits per heavy atom. The average Bonchev–Trinajstić information content (AvgIpc) is 2.64. The lowest BCUT2D eigenvalue weighted by molar-refractivity contribution is 0.0953. The molecule has 1 amide bonds. The van der Waals surface area contributed by atoms with Crippen molar-refractivity contribution in [1.29, 1.82) is 0 Å². The van der Waals surface area contributed by atoms with E-state index in [-0.39, 0.29) is 17.2 Å². The Kier molecular flexibility index (Phi) is 7.63. The second-order valence-electron chi connectivity index (χ2n) is 6.12. The van der Waals surface area contributed by atoms with Gasteiger partial charge in [-0.1, -0.05) is 11.6 Å². The van der Waals surface area contributed by atoms with Gasteiger partial charge < -0.3 is 14.0 Å². The van der Waals surface area contributed by atoms with Crippen LogP contribution in [-0.4, -0.2) is 29.9 Å². The molecule has 1 heterocycles. The van der Waals surface area contributed by atoms with Gasteiger partial charge in [0.1, 0.15) is 5.56 Å². The first-order valence-corrected chi connectivity index (χ1v) is 9.40. The van der Waals surface area contributed by atoms with Crippen molar-refractivity contribution in [1.82, 2.24) is 9.99 Å². The SMILES string of the molecule is CCOc1cc(/C=N\NC(=O)c2cccn(C(C)C)c2=O)cc(Cl)c1OCC. The first-order chi connectivity index (χ1) is 13.4. The Balaban J connectivity index is 2.20. The summed E-state index contributed by atoms with van der Waals surface area (Å²) >= 11 is 6.26. The summed E-state index contributed by atoms with van der Waals surface area (Å²) < 4.78 is 12.6. The zero-order valence-electron chi connectivity index (χ0n) is 16.4. The molecule has 0 radical (unpaired) electrons. The van der Waals surface area contributed by atoms with Crippen molar-refractivity contribution in [3.63, 3.8) is 0 Å². The van der Waals surface area contributed by atoms with Crippen LogP contribution in [0.2, 0.25) is 5.02 Å². The summed E-state index contributed by atoms with van der Waals surface area (Å²) in [6.45, 7) is 8.35. The number of halogens is 1. The fraction of sp³-hybridized carbons (Fsp3) is 0.350. The van der Waals surface area contributed by atoms with E-state index in [2.05, 4.69) is 10.5 Å². The standard InChI is InChI=1S/C20H24ClN3O4/c1-5-27-17-11-14(10-16(21)18(17)28-6-2)12-22-23-19(25)15-8-7-9-24(13(3)4)20(15)26/h7-13H,5-6H2,1-4H3,(H,23,25)/b22-12-. The monoisotopic (exact) mass is 405 g/mol. The van der Waals surface area contributed by atoms with Gasteiger partial charge in [-0.15, -0.1) is 0 Å². The number of nitrogens with zero attached hydrogens (tertiary/aromatic N) is 2. The zero-order valence-corrected chi connectivity index (χ0v) is 17.1.